The molecule has 5 N–H and O–H groups in total. The van der Waals surface area contributed by atoms with E-state index in [1.807, 2.05) is 24.3 Å². The second-order valence-electron chi connectivity index (χ2n) is 14.6. The van der Waals surface area contributed by atoms with Gasteiger partial charge in [0.1, 0.15) is 11.6 Å². The number of aliphatic carboxylic acids is 1. The highest BCUT2D eigenvalue weighted by Gasteiger charge is 2.65. The molecule has 0 aliphatic heterocycles. The Bertz CT molecular complexity index is 1650. The third kappa shape index (κ3) is 5.87. The predicted molar refractivity (Wildman–Crippen MR) is 175 cm³/mol. The molecule has 6 rings (SSSR count). The van der Waals surface area contributed by atoms with Crippen LogP contribution in [0.5, 0.6) is 0 Å². The third-order valence-corrected chi connectivity index (χ3v) is 12.3. The van der Waals surface area contributed by atoms with Crippen molar-refractivity contribution < 1.29 is 34.2 Å². The minimum Gasteiger partial charge on any atom is -0.480 e. The van der Waals surface area contributed by atoms with Crippen LogP contribution in [0.25, 0.3) is 10.9 Å². The van der Waals surface area contributed by atoms with Gasteiger partial charge >= 0.3 is 5.97 Å². The number of H-pyrrole nitrogens is 1. The van der Waals surface area contributed by atoms with Gasteiger partial charge in [-0.25, -0.2) is 4.79 Å². The summed E-state index contributed by atoms with van der Waals surface area (Å²) in [6, 6.07) is 6.37. The molecule has 11 nitrogen and oxygen atoms in total. The highest BCUT2D eigenvalue weighted by Crippen LogP contribution is 2.67. The molecule has 0 spiro atoms. The van der Waals surface area contributed by atoms with E-state index in [1.165, 1.54) is 12.5 Å². The van der Waals surface area contributed by atoms with Crippen molar-refractivity contribution in [2.24, 2.45) is 33.7 Å². The Hall–Kier alpha value is -3.99. The van der Waals surface area contributed by atoms with Gasteiger partial charge in [0, 0.05) is 28.9 Å². The molecule has 252 valence electrons. The zero-order valence-electron chi connectivity index (χ0n) is 27.4. The van der Waals surface area contributed by atoms with E-state index in [9.17, 15) is 29.4 Å². The lowest BCUT2D eigenvalue weighted by molar-refractivity contribution is -0.159. The Morgan fingerprint density at radius 3 is 2.57 bits per heavy atom. The minimum atomic E-state index is -1.21. The maximum atomic E-state index is 12.5. The molecule has 11 heteroatoms. The molecular weight excluding hydrogens is 600 g/mol. The van der Waals surface area contributed by atoms with Gasteiger partial charge in [0.05, 0.1) is 12.3 Å². The maximum absolute atomic E-state index is 12.5. The summed E-state index contributed by atoms with van der Waals surface area (Å²) in [5.74, 6) is -1.08. The van der Waals surface area contributed by atoms with Crippen molar-refractivity contribution in [3.8, 4) is 0 Å². The van der Waals surface area contributed by atoms with Crippen LogP contribution in [0, 0.1) is 28.6 Å². The number of aromatic nitrogens is 1. The molecule has 2 amide bonds. The average molecular weight is 647 g/mol. The molecule has 0 radical (unpaired) electrons. The summed E-state index contributed by atoms with van der Waals surface area (Å²) in [6.45, 7) is 5.29. The lowest BCUT2D eigenvalue weighted by Crippen LogP contribution is -2.57. The second-order valence-corrected chi connectivity index (χ2v) is 14.6. The Balaban J connectivity index is 0.991. The van der Waals surface area contributed by atoms with Crippen LogP contribution in [0.2, 0.25) is 0 Å². The van der Waals surface area contributed by atoms with Crippen molar-refractivity contribution >= 4 is 40.2 Å². The molecule has 3 saturated carbocycles. The number of carbonyl (C=O) groups is 4. The van der Waals surface area contributed by atoms with Crippen LogP contribution >= 0.6 is 0 Å². The number of para-hydroxylation sites is 1. The number of ketones is 1. The molecule has 0 saturated heterocycles. The fourth-order valence-corrected chi connectivity index (χ4v) is 9.61. The number of hydrogen-bond donors (Lipinski definition) is 5. The normalized spacial score (nSPS) is 32.8. The first-order valence-electron chi connectivity index (χ1n) is 16.8. The number of Topliss-reactive ketones (excluding diaryl/α,β-unsaturated/α-hetero) is 1. The van der Waals surface area contributed by atoms with Gasteiger partial charge in [0.25, 0.3) is 5.91 Å². The first-order valence-corrected chi connectivity index (χ1v) is 16.8. The molecule has 2 aromatic rings. The zero-order chi connectivity index (χ0) is 33.6. The van der Waals surface area contributed by atoms with Crippen LogP contribution in [-0.2, 0) is 30.4 Å². The molecule has 1 aromatic heterocycles. The van der Waals surface area contributed by atoms with Crippen LogP contribution in [0.1, 0.15) is 77.7 Å². The van der Waals surface area contributed by atoms with E-state index in [-0.39, 0.29) is 36.2 Å². The quantitative estimate of drug-likeness (QED) is 0.243. The Kier molecular flexibility index (Phi) is 8.80. The Morgan fingerprint density at radius 2 is 1.81 bits per heavy atom. The number of amides is 2. The number of fused-ring (bicyclic) bond motifs is 6. The fourth-order valence-electron chi connectivity index (χ4n) is 9.61. The number of hydrogen-bond acceptors (Lipinski definition) is 7. The van der Waals surface area contributed by atoms with Crippen molar-refractivity contribution in [3.05, 3.63) is 47.7 Å². The van der Waals surface area contributed by atoms with E-state index in [1.54, 1.807) is 6.20 Å². The number of nitrogens with one attached hydrogen (secondary N) is 3. The number of oxime groups is 1. The molecule has 7 atom stereocenters. The smallest absolute Gasteiger partial charge is 0.326 e. The number of carboxylic acids is 1. The highest BCUT2D eigenvalue weighted by atomic mass is 16.6. The SMILES string of the molecule is CC(=O)[C@@]1(O)CC[C@@H]2[C@@H]3CCC4=C/C(=N/OCC(=O)NCC(=O)N[C@H](Cc5c[nH]c6ccccc56)C(=O)O)CC[C@]4(C)[C@H]3CC[C@@]21C. The molecule has 0 bridgehead atoms. The number of aromatic amines is 1. The topological polar surface area (TPSA) is 170 Å². The van der Waals surface area contributed by atoms with Crippen molar-refractivity contribution in [1.29, 1.82) is 0 Å². The van der Waals surface area contributed by atoms with Crippen molar-refractivity contribution in [1.82, 2.24) is 15.6 Å². The summed E-state index contributed by atoms with van der Waals surface area (Å²) >= 11 is 0. The number of allylic oxidation sites excluding steroid dienone is 2. The summed E-state index contributed by atoms with van der Waals surface area (Å²) in [4.78, 5) is 57.7. The molecule has 47 heavy (non-hydrogen) atoms. The summed E-state index contributed by atoms with van der Waals surface area (Å²) in [5, 5.41) is 31.1. The first kappa shape index (κ1) is 32.9. The number of carbonyl (C=O) groups excluding carboxylic acids is 3. The van der Waals surface area contributed by atoms with E-state index < -0.39 is 29.4 Å². The van der Waals surface area contributed by atoms with Gasteiger partial charge in [-0.3, -0.25) is 14.4 Å². The number of nitrogens with zero attached hydrogens (tertiary/aromatic N) is 1. The number of benzene rings is 1. The number of rotatable bonds is 10. The maximum Gasteiger partial charge on any atom is 0.326 e. The minimum absolute atomic E-state index is 0.0347. The predicted octanol–water partition coefficient (Wildman–Crippen LogP) is 4.05. The summed E-state index contributed by atoms with van der Waals surface area (Å²) < 4.78 is 0. The van der Waals surface area contributed by atoms with Gasteiger partial charge in [-0.05, 0) is 99.2 Å². The van der Waals surface area contributed by atoms with Gasteiger partial charge in [-0.2, -0.15) is 0 Å². The lowest BCUT2D eigenvalue weighted by Gasteiger charge is -2.59. The van der Waals surface area contributed by atoms with Gasteiger partial charge in [-0.1, -0.05) is 42.8 Å². The van der Waals surface area contributed by atoms with E-state index in [0.29, 0.717) is 24.2 Å². The summed E-state index contributed by atoms with van der Waals surface area (Å²) in [6.07, 6.45) is 10.9. The van der Waals surface area contributed by atoms with E-state index >= 15 is 0 Å². The summed E-state index contributed by atoms with van der Waals surface area (Å²) in [7, 11) is 0. The van der Waals surface area contributed by atoms with Crippen molar-refractivity contribution in [2.75, 3.05) is 13.2 Å². The second kappa shape index (κ2) is 12.6. The van der Waals surface area contributed by atoms with Crippen LogP contribution in [0.4, 0.5) is 0 Å². The molecule has 0 unspecified atom stereocenters. The monoisotopic (exact) mass is 646 g/mol. The molecule has 1 aromatic carbocycles. The zero-order valence-corrected chi connectivity index (χ0v) is 27.4. The Morgan fingerprint density at radius 1 is 1.04 bits per heavy atom. The van der Waals surface area contributed by atoms with Gasteiger partial charge in [0.2, 0.25) is 5.91 Å². The lowest BCUT2D eigenvalue weighted by atomic mass is 9.46. The standard InChI is InChI=1S/C36H46N4O7/c1-21(41)36(46)15-12-28-26-9-8-23-17-24(10-13-34(23,2)27(26)11-14-35(28,36)3)40-47-20-32(43)38-19-31(42)39-30(33(44)45)16-22-18-37-29-7-5-4-6-25(22)29/h4-7,17-18,26-28,30,37,46H,8-16,19-20H2,1-3H3,(H,38,43)(H,39,42)(H,44,45)/b40-24+/t26-,27+,28-,30-,34+,35+,36+/m1/s1. The fraction of sp³-hybridized carbons (Fsp3) is 0.583. The number of aliphatic hydroxyl groups is 1. The van der Waals surface area contributed by atoms with Crippen LogP contribution in [0.15, 0.2) is 47.3 Å². The van der Waals surface area contributed by atoms with E-state index in [2.05, 4.69) is 40.7 Å². The van der Waals surface area contributed by atoms with Crippen LogP contribution in [0.3, 0.4) is 0 Å². The summed E-state index contributed by atoms with van der Waals surface area (Å²) in [5.41, 5.74) is 2.27. The average Bonchev–Trinajstić information content (AvgIpc) is 3.58. The van der Waals surface area contributed by atoms with Gasteiger partial charge in [0.15, 0.2) is 12.4 Å². The van der Waals surface area contributed by atoms with Gasteiger partial charge < -0.3 is 30.7 Å². The van der Waals surface area contributed by atoms with Crippen LogP contribution in [-0.4, -0.2) is 69.3 Å². The number of carboxylic acid groups (broad SMARTS) is 1. The van der Waals surface area contributed by atoms with Crippen molar-refractivity contribution in [3.63, 3.8) is 0 Å². The first-order chi connectivity index (χ1) is 22.4. The van der Waals surface area contributed by atoms with Gasteiger partial charge in [-0.15, -0.1) is 0 Å². The molecule has 1 heterocycles. The highest BCUT2D eigenvalue weighted by molar-refractivity contribution is 5.96. The van der Waals surface area contributed by atoms with Crippen molar-refractivity contribution in [2.45, 2.75) is 90.2 Å². The molecule has 4 aliphatic carbocycles. The van der Waals surface area contributed by atoms with Crippen LogP contribution < -0.4 is 10.6 Å². The van der Waals surface area contributed by atoms with E-state index in [4.69, 9.17) is 4.84 Å². The Labute approximate surface area is 274 Å². The molecule has 4 aliphatic rings. The third-order valence-electron chi connectivity index (χ3n) is 12.3. The largest absolute Gasteiger partial charge is 0.480 e. The molecular formula is C36H46N4O7. The molecule has 3 fully saturated rings. The van der Waals surface area contributed by atoms with E-state index in [0.717, 1.165) is 67.1 Å².